The maximum Gasteiger partial charge on any atom is 0.184 e. The minimum atomic E-state index is 0.196. The highest BCUT2D eigenvalue weighted by Gasteiger charge is 2.07. The highest BCUT2D eigenvalue weighted by atomic mass is 16.5. The molecule has 0 radical (unpaired) electrons. The third-order valence-corrected chi connectivity index (χ3v) is 2.08. The van der Waals surface area contributed by atoms with Crippen molar-refractivity contribution in [2.24, 2.45) is 0 Å². The van der Waals surface area contributed by atoms with Crippen molar-refractivity contribution in [3.8, 4) is 11.5 Å². The van der Waals surface area contributed by atoms with Crippen molar-refractivity contribution in [2.75, 3.05) is 21.3 Å². The van der Waals surface area contributed by atoms with Crippen molar-refractivity contribution >= 4 is 5.90 Å². The van der Waals surface area contributed by atoms with Crippen molar-refractivity contribution in [1.82, 2.24) is 0 Å². The molecule has 15 heavy (non-hydrogen) atoms. The summed E-state index contributed by atoms with van der Waals surface area (Å²) in [6.45, 7) is 0. The van der Waals surface area contributed by atoms with E-state index in [-0.39, 0.29) is 5.90 Å². The maximum atomic E-state index is 7.46. The van der Waals surface area contributed by atoms with Crippen LogP contribution in [-0.4, -0.2) is 27.2 Å². The Hall–Kier alpha value is -1.71. The number of rotatable bonds is 4. The monoisotopic (exact) mass is 209 g/mol. The van der Waals surface area contributed by atoms with Gasteiger partial charge < -0.3 is 14.2 Å². The zero-order chi connectivity index (χ0) is 11.3. The predicted octanol–water partition coefficient (Wildman–Crippen LogP) is 1.87. The van der Waals surface area contributed by atoms with Gasteiger partial charge in [-0.15, -0.1) is 0 Å². The number of nitrogens with one attached hydrogen (secondary N) is 1. The molecule has 0 bridgehead atoms. The van der Waals surface area contributed by atoms with E-state index >= 15 is 0 Å². The lowest BCUT2D eigenvalue weighted by atomic mass is 10.1. The molecule has 0 atom stereocenters. The van der Waals surface area contributed by atoms with Gasteiger partial charge in [-0.05, 0) is 18.2 Å². The van der Waals surface area contributed by atoms with Gasteiger partial charge in [-0.3, -0.25) is 5.41 Å². The van der Waals surface area contributed by atoms with Gasteiger partial charge in [0, 0.05) is 5.56 Å². The van der Waals surface area contributed by atoms with E-state index in [4.69, 9.17) is 19.6 Å². The summed E-state index contributed by atoms with van der Waals surface area (Å²) in [4.78, 5) is 0. The Labute approximate surface area is 89.3 Å². The summed E-state index contributed by atoms with van der Waals surface area (Å²) in [6.07, 6.45) is 0.400. The standard InChI is InChI=1S/C11H15NO3/c1-13-9-4-5-10(14-2)8(6-9)7-11(12)15-3/h4-6,12H,7H2,1-3H3. The van der Waals surface area contributed by atoms with Crippen molar-refractivity contribution in [3.63, 3.8) is 0 Å². The average Bonchev–Trinajstić information content (AvgIpc) is 2.28. The molecule has 0 aliphatic rings. The van der Waals surface area contributed by atoms with Crippen LogP contribution in [-0.2, 0) is 11.2 Å². The highest BCUT2D eigenvalue weighted by molar-refractivity contribution is 5.76. The lowest BCUT2D eigenvalue weighted by molar-refractivity contribution is 0.383. The molecule has 0 amide bonds. The number of ether oxygens (including phenoxy) is 3. The lowest BCUT2D eigenvalue weighted by Crippen LogP contribution is -2.05. The summed E-state index contributed by atoms with van der Waals surface area (Å²) in [5, 5.41) is 7.46. The smallest absolute Gasteiger partial charge is 0.184 e. The van der Waals surface area contributed by atoms with E-state index in [1.54, 1.807) is 14.2 Å². The first-order valence-corrected chi connectivity index (χ1v) is 4.53. The molecule has 1 rings (SSSR count). The van der Waals surface area contributed by atoms with Gasteiger partial charge in [0.2, 0.25) is 0 Å². The number of hydrogen-bond donors (Lipinski definition) is 1. The molecule has 1 aromatic carbocycles. The highest BCUT2D eigenvalue weighted by Crippen LogP contribution is 2.24. The van der Waals surface area contributed by atoms with Crippen LogP contribution in [0.15, 0.2) is 18.2 Å². The van der Waals surface area contributed by atoms with Crippen LogP contribution in [0.2, 0.25) is 0 Å². The summed E-state index contributed by atoms with van der Waals surface area (Å²) >= 11 is 0. The lowest BCUT2D eigenvalue weighted by Gasteiger charge is -2.10. The van der Waals surface area contributed by atoms with Gasteiger partial charge in [0.1, 0.15) is 11.5 Å². The number of methoxy groups -OCH3 is 3. The van der Waals surface area contributed by atoms with E-state index in [1.807, 2.05) is 18.2 Å². The molecule has 0 unspecified atom stereocenters. The van der Waals surface area contributed by atoms with E-state index < -0.39 is 0 Å². The molecule has 0 saturated heterocycles. The van der Waals surface area contributed by atoms with Crippen LogP contribution in [0.4, 0.5) is 0 Å². The molecular weight excluding hydrogens is 194 g/mol. The Balaban J connectivity index is 2.95. The average molecular weight is 209 g/mol. The summed E-state index contributed by atoms with van der Waals surface area (Å²) in [7, 11) is 4.68. The van der Waals surface area contributed by atoms with E-state index in [1.165, 1.54) is 7.11 Å². The zero-order valence-electron chi connectivity index (χ0n) is 9.16. The van der Waals surface area contributed by atoms with E-state index in [0.717, 1.165) is 17.1 Å². The van der Waals surface area contributed by atoms with Crippen molar-refractivity contribution in [1.29, 1.82) is 5.41 Å². The Morgan fingerprint density at radius 3 is 2.47 bits per heavy atom. The first-order chi connectivity index (χ1) is 7.21. The van der Waals surface area contributed by atoms with Crippen molar-refractivity contribution in [2.45, 2.75) is 6.42 Å². The first kappa shape index (κ1) is 11.4. The maximum absolute atomic E-state index is 7.46. The second-order valence-electron chi connectivity index (χ2n) is 2.98. The molecular formula is C11H15NO3. The van der Waals surface area contributed by atoms with Crippen LogP contribution < -0.4 is 9.47 Å². The Kier molecular flexibility index (Phi) is 3.97. The number of hydrogen-bond acceptors (Lipinski definition) is 4. The predicted molar refractivity (Wildman–Crippen MR) is 58.0 cm³/mol. The summed E-state index contributed by atoms with van der Waals surface area (Å²) < 4.78 is 15.1. The van der Waals surface area contributed by atoms with Gasteiger partial charge in [-0.25, -0.2) is 0 Å². The fourth-order valence-corrected chi connectivity index (χ4v) is 1.27. The van der Waals surface area contributed by atoms with Gasteiger partial charge in [-0.2, -0.15) is 0 Å². The van der Waals surface area contributed by atoms with Crippen LogP contribution in [0, 0.1) is 5.41 Å². The van der Waals surface area contributed by atoms with Gasteiger partial charge in [0.05, 0.1) is 27.8 Å². The molecule has 1 N–H and O–H groups in total. The van der Waals surface area contributed by atoms with Gasteiger partial charge in [0.25, 0.3) is 0 Å². The van der Waals surface area contributed by atoms with Gasteiger partial charge in [-0.1, -0.05) is 0 Å². The molecule has 0 heterocycles. The molecule has 1 aromatic rings. The molecule has 0 aliphatic heterocycles. The summed E-state index contributed by atoms with van der Waals surface area (Å²) in [6, 6.07) is 5.47. The molecule has 0 spiro atoms. The molecule has 4 nitrogen and oxygen atoms in total. The van der Waals surface area contributed by atoms with Crippen LogP contribution in [0.25, 0.3) is 0 Å². The molecule has 0 saturated carbocycles. The van der Waals surface area contributed by atoms with Gasteiger partial charge in [0.15, 0.2) is 5.90 Å². The van der Waals surface area contributed by atoms with E-state index in [9.17, 15) is 0 Å². The first-order valence-electron chi connectivity index (χ1n) is 4.53. The van der Waals surface area contributed by atoms with E-state index in [0.29, 0.717) is 6.42 Å². The SMILES string of the molecule is COC(=N)Cc1cc(OC)ccc1OC. The van der Waals surface area contributed by atoms with Gasteiger partial charge >= 0.3 is 0 Å². The summed E-state index contributed by atoms with van der Waals surface area (Å²) in [5.41, 5.74) is 0.878. The van der Waals surface area contributed by atoms with E-state index in [2.05, 4.69) is 0 Å². The van der Waals surface area contributed by atoms with Crippen LogP contribution in [0.1, 0.15) is 5.56 Å². The second kappa shape index (κ2) is 5.24. The topological polar surface area (TPSA) is 51.5 Å². The molecule has 0 aromatic heterocycles. The largest absolute Gasteiger partial charge is 0.497 e. The van der Waals surface area contributed by atoms with Crippen molar-refractivity contribution < 1.29 is 14.2 Å². The zero-order valence-corrected chi connectivity index (χ0v) is 9.16. The van der Waals surface area contributed by atoms with Crippen LogP contribution >= 0.6 is 0 Å². The Bertz CT molecular complexity index is 350. The molecule has 4 heteroatoms. The Morgan fingerprint density at radius 2 is 1.93 bits per heavy atom. The van der Waals surface area contributed by atoms with Crippen LogP contribution in [0.3, 0.4) is 0 Å². The van der Waals surface area contributed by atoms with Crippen molar-refractivity contribution in [3.05, 3.63) is 23.8 Å². The minimum Gasteiger partial charge on any atom is -0.497 e. The quantitative estimate of drug-likeness (QED) is 0.608. The molecule has 0 aliphatic carbocycles. The fraction of sp³-hybridized carbons (Fsp3) is 0.364. The summed E-state index contributed by atoms with van der Waals surface area (Å²) in [5.74, 6) is 1.67. The Morgan fingerprint density at radius 1 is 1.20 bits per heavy atom. The normalized spacial score (nSPS) is 9.53. The third-order valence-electron chi connectivity index (χ3n) is 2.08. The number of benzene rings is 1. The third kappa shape index (κ3) is 2.87. The minimum absolute atomic E-state index is 0.196. The fourth-order valence-electron chi connectivity index (χ4n) is 1.27. The second-order valence-corrected chi connectivity index (χ2v) is 2.98. The molecule has 0 fully saturated rings. The van der Waals surface area contributed by atoms with Crippen LogP contribution in [0.5, 0.6) is 11.5 Å². The molecule has 82 valence electrons.